The van der Waals surface area contributed by atoms with Crippen LogP contribution in [0.15, 0.2) is 55.4 Å². The Hall–Kier alpha value is -3.22. The lowest BCUT2D eigenvalue weighted by Gasteiger charge is -2.32. The van der Waals surface area contributed by atoms with Gasteiger partial charge in [-0.1, -0.05) is 32.0 Å². The largest absolute Gasteiger partial charge is 0.356 e. The molecule has 2 aromatic heterocycles. The molecule has 1 N–H and O–H groups in total. The van der Waals surface area contributed by atoms with Crippen molar-refractivity contribution in [2.45, 2.75) is 32.6 Å². The molecule has 0 radical (unpaired) electrons. The third-order valence-corrected chi connectivity index (χ3v) is 5.44. The molecule has 1 fully saturated rings. The molecule has 1 saturated heterocycles. The van der Waals surface area contributed by atoms with Crippen molar-refractivity contribution in [3.63, 3.8) is 0 Å². The third kappa shape index (κ3) is 4.29. The smallest absolute Gasteiger partial charge is 0.227 e. The number of amides is 1. The third-order valence-electron chi connectivity index (χ3n) is 5.44. The van der Waals surface area contributed by atoms with Crippen LogP contribution in [0.1, 0.15) is 38.2 Å². The van der Waals surface area contributed by atoms with Crippen molar-refractivity contribution in [3.05, 3.63) is 60.9 Å². The van der Waals surface area contributed by atoms with Gasteiger partial charge in [0.05, 0.1) is 0 Å². The molecule has 150 valence electrons. The number of nitrogens with one attached hydrogen (secondary N) is 1. The van der Waals surface area contributed by atoms with E-state index in [-0.39, 0.29) is 11.8 Å². The van der Waals surface area contributed by atoms with Gasteiger partial charge in [-0.25, -0.2) is 15.0 Å². The van der Waals surface area contributed by atoms with Gasteiger partial charge in [-0.05, 0) is 30.4 Å². The number of hydrogen-bond donors (Lipinski definition) is 1. The van der Waals surface area contributed by atoms with E-state index in [1.54, 1.807) is 18.9 Å². The highest BCUT2D eigenvalue weighted by Gasteiger charge is 2.26. The Kier molecular flexibility index (Phi) is 5.55. The number of anilines is 2. The van der Waals surface area contributed by atoms with Crippen molar-refractivity contribution in [1.29, 1.82) is 0 Å². The monoisotopic (exact) mass is 390 g/mol. The second-order valence-electron chi connectivity index (χ2n) is 7.70. The van der Waals surface area contributed by atoms with E-state index in [1.807, 2.05) is 35.0 Å². The van der Waals surface area contributed by atoms with Gasteiger partial charge in [-0.15, -0.1) is 0 Å². The quantitative estimate of drug-likeness (QED) is 0.720. The maximum Gasteiger partial charge on any atom is 0.227 e. The van der Waals surface area contributed by atoms with Crippen molar-refractivity contribution in [1.82, 2.24) is 19.5 Å². The average molecular weight is 390 g/mol. The zero-order chi connectivity index (χ0) is 20.2. The normalized spacial score (nSPS) is 14.9. The number of carbonyl (C=O) groups is 1. The van der Waals surface area contributed by atoms with Crippen LogP contribution in [0.5, 0.6) is 0 Å². The fraction of sp³-hybridized carbons (Fsp3) is 0.364. The first-order chi connectivity index (χ1) is 14.1. The number of hydrogen-bond acceptors (Lipinski definition) is 5. The number of para-hydroxylation sites is 1. The van der Waals surface area contributed by atoms with Crippen LogP contribution in [-0.4, -0.2) is 38.5 Å². The van der Waals surface area contributed by atoms with Crippen LogP contribution >= 0.6 is 0 Å². The molecule has 3 heterocycles. The number of nitrogens with zero attached hydrogens (tertiary/aromatic N) is 5. The molecule has 7 heteroatoms. The molecule has 1 aromatic carbocycles. The molecule has 29 heavy (non-hydrogen) atoms. The van der Waals surface area contributed by atoms with E-state index in [9.17, 15) is 4.79 Å². The molecule has 0 bridgehead atoms. The molecular weight excluding hydrogens is 364 g/mol. The summed E-state index contributed by atoms with van der Waals surface area (Å²) in [6.45, 7) is 5.88. The summed E-state index contributed by atoms with van der Waals surface area (Å²) in [7, 11) is 0. The number of piperidine rings is 1. The maximum absolute atomic E-state index is 12.8. The lowest BCUT2D eigenvalue weighted by molar-refractivity contribution is -0.120. The van der Waals surface area contributed by atoms with Gasteiger partial charge in [0.25, 0.3) is 0 Å². The van der Waals surface area contributed by atoms with E-state index in [0.717, 1.165) is 43.3 Å². The molecule has 7 nitrogen and oxygen atoms in total. The molecular formula is C22H26N6O. The fourth-order valence-electron chi connectivity index (χ4n) is 3.77. The fourth-order valence-corrected chi connectivity index (χ4v) is 3.77. The van der Waals surface area contributed by atoms with Gasteiger partial charge in [-0.3, -0.25) is 9.36 Å². The highest BCUT2D eigenvalue weighted by molar-refractivity contribution is 5.93. The Morgan fingerprint density at radius 1 is 1.14 bits per heavy atom. The zero-order valence-electron chi connectivity index (χ0n) is 16.8. The molecule has 0 atom stereocenters. The summed E-state index contributed by atoms with van der Waals surface area (Å²) in [6.07, 6.45) is 8.49. The van der Waals surface area contributed by atoms with E-state index in [0.29, 0.717) is 5.92 Å². The molecule has 4 rings (SSSR count). The van der Waals surface area contributed by atoms with Gasteiger partial charge in [0.15, 0.2) is 0 Å². The Morgan fingerprint density at radius 2 is 1.90 bits per heavy atom. The lowest BCUT2D eigenvalue weighted by atomic mass is 9.95. The Labute approximate surface area is 170 Å². The summed E-state index contributed by atoms with van der Waals surface area (Å²) in [5.74, 6) is 2.17. The standard InChI is InChI=1S/C22H26N6O/c1-16(2)18-5-3-4-6-19(18)26-22(29)17-7-10-27(11-8-17)20-13-21(25-14-24-20)28-12-9-23-15-28/h3-6,9,12-17H,7-8,10-11H2,1-2H3,(H,26,29). The minimum Gasteiger partial charge on any atom is -0.356 e. The molecule has 3 aromatic rings. The maximum atomic E-state index is 12.8. The van der Waals surface area contributed by atoms with Gasteiger partial charge >= 0.3 is 0 Å². The summed E-state index contributed by atoms with van der Waals surface area (Å²) in [5.41, 5.74) is 2.10. The minimum atomic E-state index is 0.0152. The van der Waals surface area contributed by atoms with E-state index in [2.05, 4.69) is 45.1 Å². The number of imidazole rings is 1. The summed E-state index contributed by atoms with van der Waals surface area (Å²) in [4.78, 5) is 27.8. The van der Waals surface area contributed by atoms with Crippen LogP contribution in [-0.2, 0) is 4.79 Å². The van der Waals surface area contributed by atoms with Crippen LogP contribution in [0, 0.1) is 5.92 Å². The van der Waals surface area contributed by atoms with Gasteiger partial charge in [0, 0.05) is 43.2 Å². The zero-order valence-corrected chi connectivity index (χ0v) is 16.8. The Bertz CT molecular complexity index is 961. The Balaban J connectivity index is 1.39. The van der Waals surface area contributed by atoms with Crippen LogP contribution in [0.3, 0.4) is 0 Å². The molecule has 0 saturated carbocycles. The van der Waals surface area contributed by atoms with Gasteiger partial charge in [0.2, 0.25) is 5.91 Å². The average Bonchev–Trinajstić information content (AvgIpc) is 3.29. The summed E-state index contributed by atoms with van der Waals surface area (Å²) >= 11 is 0. The van der Waals surface area contributed by atoms with Gasteiger partial charge in [0.1, 0.15) is 24.3 Å². The number of aromatic nitrogens is 4. The van der Waals surface area contributed by atoms with E-state index in [1.165, 1.54) is 5.56 Å². The molecule has 1 amide bonds. The van der Waals surface area contributed by atoms with Crippen molar-refractivity contribution in [2.75, 3.05) is 23.3 Å². The first kappa shape index (κ1) is 19.1. The molecule has 0 spiro atoms. The highest BCUT2D eigenvalue weighted by atomic mass is 16.1. The second-order valence-corrected chi connectivity index (χ2v) is 7.70. The topological polar surface area (TPSA) is 75.9 Å². The van der Waals surface area contributed by atoms with Crippen LogP contribution in [0.2, 0.25) is 0 Å². The van der Waals surface area contributed by atoms with Gasteiger partial charge in [-0.2, -0.15) is 0 Å². The predicted molar refractivity (Wildman–Crippen MR) is 113 cm³/mol. The van der Waals surface area contributed by atoms with Crippen LogP contribution in [0.4, 0.5) is 11.5 Å². The molecule has 1 aliphatic rings. The predicted octanol–water partition coefficient (Wildman–Crippen LogP) is 3.64. The number of carbonyl (C=O) groups excluding carboxylic acids is 1. The first-order valence-corrected chi connectivity index (χ1v) is 10.1. The molecule has 0 aliphatic carbocycles. The van der Waals surface area contributed by atoms with Crippen molar-refractivity contribution in [3.8, 4) is 5.82 Å². The van der Waals surface area contributed by atoms with Crippen LogP contribution in [0.25, 0.3) is 5.82 Å². The molecule has 0 unspecified atom stereocenters. The van der Waals surface area contributed by atoms with Crippen molar-refractivity contribution in [2.24, 2.45) is 5.92 Å². The second kappa shape index (κ2) is 8.43. The SMILES string of the molecule is CC(C)c1ccccc1NC(=O)C1CCN(c2cc(-n3ccnc3)ncn2)CC1. The van der Waals surface area contributed by atoms with Crippen molar-refractivity contribution >= 4 is 17.4 Å². The molecule has 1 aliphatic heterocycles. The number of benzene rings is 1. The van der Waals surface area contributed by atoms with Crippen LogP contribution < -0.4 is 10.2 Å². The van der Waals surface area contributed by atoms with E-state index in [4.69, 9.17) is 0 Å². The Morgan fingerprint density at radius 3 is 2.62 bits per heavy atom. The summed E-state index contributed by atoms with van der Waals surface area (Å²) in [5, 5.41) is 3.15. The summed E-state index contributed by atoms with van der Waals surface area (Å²) < 4.78 is 1.86. The van der Waals surface area contributed by atoms with Gasteiger partial charge < -0.3 is 10.2 Å². The van der Waals surface area contributed by atoms with E-state index < -0.39 is 0 Å². The lowest BCUT2D eigenvalue weighted by Crippen LogP contribution is -2.38. The summed E-state index contributed by atoms with van der Waals surface area (Å²) in [6, 6.07) is 10.0. The van der Waals surface area contributed by atoms with Crippen molar-refractivity contribution < 1.29 is 4.79 Å². The number of rotatable bonds is 5. The van der Waals surface area contributed by atoms with E-state index >= 15 is 0 Å². The highest BCUT2D eigenvalue weighted by Crippen LogP contribution is 2.27. The minimum absolute atomic E-state index is 0.0152. The first-order valence-electron chi connectivity index (χ1n) is 10.1.